The first-order chi connectivity index (χ1) is 9.74. The SMILES string of the molecule is COP(C)OCCC(=O)Oc1ccc(C)cc1C(C)(C)C. The first-order valence-electron chi connectivity index (χ1n) is 6.96. The lowest BCUT2D eigenvalue weighted by Gasteiger charge is -2.22. The van der Waals surface area contributed by atoms with Gasteiger partial charge in [0, 0.05) is 19.3 Å². The summed E-state index contributed by atoms with van der Waals surface area (Å²) in [5.41, 5.74) is 2.11. The van der Waals surface area contributed by atoms with Crippen LogP contribution in [0.2, 0.25) is 0 Å². The minimum atomic E-state index is -0.905. The third kappa shape index (κ3) is 6.13. The van der Waals surface area contributed by atoms with Crippen molar-refractivity contribution in [2.24, 2.45) is 0 Å². The van der Waals surface area contributed by atoms with Crippen LogP contribution in [0, 0.1) is 6.92 Å². The van der Waals surface area contributed by atoms with Crippen molar-refractivity contribution in [2.75, 3.05) is 20.4 Å². The Balaban J connectivity index is 2.68. The molecular formula is C16H25O4P. The predicted octanol–water partition coefficient (Wildman–Crippen LogP) is 4.19. The van der Waals surface area contributed by atoms with Gasteiger partial charge in [-0.25, -0.2) is 0 Å². The second-order valence-corrected chi connectivity index (χ2v) is 7.43. The van der Waals surface area contributed by atoms with E-state index in [1.165, 1.54) is 0 Å². The van der Waals surface area contributed by atoms with E-state index in [9.17, 15) is 4.79 Å². The number of carbonyl (C=O) groups excluding carboxylic acids is 1. The Kier molecular flexibility index (Phi) is 6.79. The van der Waals surface area contributed by atoms with Crippen LogP contribution in [0.4, 0.5) is 0 Å². The Hall–Kier alpha value is -0.960. The molecule has 0 heterocycles. The second-order valence-electron chi connectivity index (χ2n) is 5.93. The molecule has 1 unspecified atom stereocenters. The van der Waals surface area contributed by atoms with E-state index >= 15 is 0 Å². The minimum Gasteiger partial charge on any atom is -0.426 e. The van der Waals surface area contributed by atoms with Crippen molar-refractivity contribution >= 4 is 14.3 Å². The smallest absolute Gasteiger partial charge is 0.313 e. The lowest BCUT2D eigenvalue weighted by molar-refractivity contribution is -0.134. The standard InChI is InChI=1S/C16H25O4P/c1-12-7-8-14(13(11-12)16(2,3)4)20-15(17)9-10-19-21(6)18-5/h7-8,11H,9-10H2,1-6H3. The lowest BCUT2D eigenvalue weighted by Crippen LogP contribution is -2.17. The molecule has 0 amide bonds. The zero-order valence-electron chi connectivity index (χ0n) is 13.7. The monoisotopic (exact) mass is 312 g/mol. The normalized spacial score (nSPS) is 13.0. The van der Waals surface area contributed by atoms with Crippen LogP contribution in [0.25, 0.3) is 0 Å². The van der Waals surface area contributed by atoms with Gasteiger partial charge < -0.3 is 13.8 Å². The number of ether oxygens (including phenoxy) is 1. The van der Waals surface area contributed by atoms with Crippen LogP contribution in [0.1, 0.15) is 38.3 Å². The van der Waals surface area contributed by atoms with Gasteiger partial charge >= 0.3 is 5.97 Å². The molecule has 0 spiro atoms. The van der Waals surface area contributed by atoms with Crippen LogP contribution >= 0.6 is 8.38 Å². The third-order valence-electron chi connectivity index (χ3n) is 3.00. The van der Waals surface area contributed by atoms with E-state index in [0.717, 1.165) is 11.1 Å². The molecule has 1 aromatic carbocycles. The van der Waals surface area contributed by atoms with Crippen LogP contribution < -0.4 is 4.74 Å². The number of esters is 1. The van der Waals surface area contributed by atoms with E-state index in [1.807, 2.05) is 25.7 Å². The summed E-state index contributed by atoms with van der Waals surface area (Å²) in [6.45, 7) is 10.5. The summed E-state index contributed by atoms with van der Waals surface area (Å²) in [7, 11) is 0.684. The highest BCUT2D eigenvalue weighted by Gasteiger charge is 2.20. The van der Waals surface area contributed by atoms with Gasteiger partial charge in [-0.05, 0) is 18.4 Å². The van der Waals surface area contributed by atoms with Crippen LogP contribution in [0.15, 0.2) is 18.2 Å². The molecular weight excluding hydrogens is 287 g/mol. The molecule has 0 aliphatic rings. The highest BCUT2D eigenvalue weighted by Crippen LogP contribution is 2.33. The highest BCUT2D eigenvalue weighted by atomic mass is 31.2. The second kappa shape index (κ2) is 7.88. The third-order valence-corrected chi connectivity index (χ3v) is 4.06. The molecule has 0 aromatic heterocycles. The summed E-state index contributed by atoms with van der Waals surface area (Å²) >= 11 is 0. The van der Waals surface area contributed by atoms with Gasteiger partial charge in [0.25, 0.3) is 0 Å². The van der Waals surface area contributed by atoms with Crippen molar-refractivity contribution in [1.82, 2.24) is 0 Å². The number of hydrogen-bond acceptors (Lipinski definition) is 4. The summed E-state index contributed by atoms with van der Waals surface area (Å²) in [4.78, 5) is 11.9. The largest absolute Gasteiger partial charge is 0.426 e. The Bertz CT molecular complexity index is 480. The van der Waals surface area contributed by atoms with Gasteiger partial charge in [-0.3, -0.25) is 4.79 Å². The molecule has 0 N–H and O–H groups in total. The number of rotatable bonds is 6. The van der Waals surface area contributed by atoms with Crippen molar-refractivity contribution in [3.8, 4) is 5.75 Å². The van der Waals surface area contributed by atoms with E-state index < -0.39 is 8.38 Å². The van der Waals surface area contributed by atoms with Gasteiger partial charge in [0.15, 0.2) is 8.38 Å². The molecule has 0 aliphatic heterocycles. The van der Waals surface area contributed by atoms with Crippen molar-refractivity contribution in [2.45, 2.75) is 39.5 Å². The van der Waals surface area contributed by atoms with Crippen molar-refractivity contribution in [3.05, 3.63) is 29.3 Å². The molecule has 0 radical (unpaired) electrons. The van der Waals surface area contributed by atoms with Crippen LogP contribution in [-0.2, 0) is 19.3 Å². The summed E-state index contributed by atoms with van der Waals surface area (Å²) in [5.74, 6) is 0.340. The van der Waals surface area contributed by atoms with Gasteiger partial charge in [0.2, 0.25) is 0 Å². The summed E-state index contributed by atoms with van der Waals surface area (Å²) in [5, 5.41) is 0. The van der Waals surface area contributed by atoms with Gasteiger partial charge in [0.05, 0.1) is 13.0 Å². The maximum Gasteiger partial charge on any atom is 0.313 e. The average Bonchev–Trinajstić information content (AvgIpc) is 2.39. The fraction of sp³-hybridized carbons (Fsp3) is 0.562. The summed E-state index contributed by atoms with van der Waals surface area (Å²) in [6.07, 6.45) is 0.216. The number of hydrogen-bond donors (Lipinski definition) is 0. The molecule has 0 saturated heterocycles. The molecule has 5 heteroatoms. The molecule has 118 valence electrons. The summed E-state index contributed by atoms with van der Waals surface area (Å²) in [6, 6.07) is 5.87. The molecule has 0 fully saturated rings. The first kappa shape index (κ1) is 18.1. The number of carbonyl (C=O) groups is 1. The van der Waals surface area contributed by atoms with Gasteiger partial charge in [-0.1, -0.05) is 38.5 Å². The van der Waals surface area contributed by atoms with E-state index in [-0.39, 0.29) is 17.8 Å². The zero-order valence-corrected chi connectivity index (χ0v) is 14.6. The molecule has 0 saturated carbocycles. The van der Waals surface area contributed by atoms with E-state index in [0.29, 0.717) is 12.4 Å². The number of aryl methyl sites for hydroxylation is 1. The van der Waals surface area contributed by atoms with Gasteiger partial charge in [-0.2, -0.15) is 0 Å². The fourth-order valence-electron chi connectivity index (χ4n) is 1.80. The molecule has 1 rings (SSSR count). The Morgan fingerprint density at radius 2 is 1.95 bits per heavy atom. The van der Waals surface area contributed by atoms with Gasteiger partial charge in [0.1, 0.15) is 5.75 Å². The molecule has 0 bridgehead atoms. The topological polar surface area (TPSA) is 44.8 Å². The van der Waals surface area contributed by atoms with Gasteiger partial charge in [-0.15, -0.1) is 0 Å². The molecule has 1 aromatic rings. The minimum absolute atomic E-state index is 0.0775. The van der Waals surface area contributed by atoms with Crippen LogP contribution in [-0.4, -0.2) is 26.4 Å². The van der Waals surface area contributed by atoms with Crippen molar-refractivity contribution in [3.63, 3.8) is 0 Å². The van der Waals surface area contributed by atoms with Crippen LogP contribution in [0.3, 0.4) is 0 Å². The van der Waals surface area contributed by atoms with Crippen molar-refractivity contribution in [1.29, 1.82) is 0 Å². The Labute approximate surface area is 128 Å². The maximum absolute atomic E-state index is 11.9. The zero-order chi connectivity index (χ0) is 16.0. The lowest BCUT2D eigenvalue weighted by atomic mass is 9.85. The average molecular weight is 312 g/mol. The molecule has 1 atom stereocenters. The van der Waals surface area contributed by atoms with Crippen molar-refractivity contribution < 1.29 is 18.6 Å². The van der Waals surface area contributed by atoms with E-state index in [2.05, 4.69) is 26.8 Å². The molecule has 4 nitrogen and oxygen atoms in total. The summed E-state index contributed by atoms with van der Waals surface area (Å²) < 4.78 is 15.9. The quantitative estimate of drug-likeness (QED) is 0.449. The molecule has 0 aliphatic carbocycles. The first-order valence-corrected chi connectivity index (χ1v) is 8.59. The fourth-order valence-corrected chi connectivity index (χ4v) is 2.26. The highest BCUT2D eigenvalue weighted by molar-refractivity contribution is 7.46. The Morgan fingerprint density at radius 1 is 1.29 bits per heavy atom. The Morgan fingerprint density at radius 3 is 2.52 bits per heavy atom. The van der Waals surface area contributed by atoms with E-state index in [1.54, 1.807) is 7.11 Å². The van der Waals surface area contributed by atoms with E-state index in [4.69, 9.17) is 13.8 Å². The van der Waals surface area contributed by atoms with Crippen LogP contribution in [0.5, 0.6) is 5.75 Å². The predicted molar refractivity (Wildman–Crippen MR) is 85.9 cm³/mol. The molecule has 21 heavy (non-hydrogen) atoms. The number of benzene rings is 1. The maximum atomic E-state index is 11.9.